The van der Waals surface area contributed by atoms with Crippen LogP contribution in [0.15, 0.2) is 24.3 Å². The Morgan fingerprint density at radius 3 is 2.75 bits per heavy atom. The van der Waals surface area contributed by atoms with Gasteiger partial charge in [-0.25, -0.2) is 0 Å². The summed E-state index contributed by atoms with van der Waals surface area (Å²) in [5.74, 6) is -0.335. The Labute approximate surface area is 94.5 Å². The average molecular weight is 217 g/mol. The molecule has 1 fully saturated rings. The summed E-state index contributed by atoms with van der Waals surface area (Å²) in [7, 11) is 0. The summed E-state index contributed by atoms with van der Waals surface area (Å²) in [6.45, 7) is 0. The first kappa shape index (κ1) is 9.70. The van der Waals surface area contributed by atoms with Crippen molar-refractivity contribution < 1.29 is 9.90 Å². The van der Waals surface area contributed by atoms with Crippen LogP contribution in [0.25, 0.3) is 0 Å². The summed E-state index contributed by atoms with van der Waals surface area (Å²) in [6.07, 6.45) is 3.22. The zero-order valence-corrected chi connectivity index (χ0v) is 9.02. The third-order valence-electron chi connectivity index (χ3n) is 3.66. The molecule has 0 saturated heterocycles. The molecule has 3 nitrogen and oxygen atoms in total. The van der Waals surface area contributed by atoms with Crippen LogP contribution in [0.5, 0.6) is 0 Å². The van der Waals surface area contributed by atoms with E-state index in [9.17, 15) is 9.90 Å². The van der Waals surface area contributed by atoms with Crippen LogP contribution in [0.3, 0.4) is 0 Å². The highest BCUT2D eigenvalue weighted by molar-refractivity contribution is 5.80. The Balaban J connectivity index is 1.96. The van der Waals surface area contributed by atoms with Gasteiger partial charge < -0.3 is 10.4 Å². The molecule has 2 aliphatic rings. The van der Waals surface area contributed by atoms with Crippen LogP contribution >= 0.6 is 0 Å². The van der Waals surface area contributed by atoms with Crippen molar-refractivity contribution in [3.05, 3.63) is 29.8 Å². The molecule has 2 atom stereocenters. The van der Waals surface area contributed by atoms with Gasteiger partial charge in [0.1, 0.15) is 0 Å². The van der Waals surface area contributed by atoms with Crippen LogP contribution in [-0.2, 0) is 4.79 Å². The number of para-hydroxylation sites is 1. The SMILES string of the molecule is O=C(O)[C@H]1C[C@H](C2CC2)Nc2ccccc21. The lowest BCUT2D eigenvalue weighted by molar-refractivity contribution is -0.139. The van der Waals surface area contributed by atoms with Gasteiger partial charge in [0.25, 0.3) is 0 Å². The molecule has 1 aromatic rings. The average Bonchev–Trinajstić information content (AvgIpc) is 3.11. The second kappa shape index (κ2) is 3.51. The van der Waals surface area contributed by atoms with E-state index in [0.29, 0.717) is 12.0 Å². The molecule has 0 unspecified atom stereocenters. The highest BCUT2D eigenvalue weighted by Gasteiger charge is 2.38. The molecule has 3 rings (SSSR count). The van der Waals surface area contributed by atoms with E-state index in [1.165, 1.54) is 12.8 Å². The van der Waals surface area contributed by atoms with Gasteiger partial charge in [-0.2, -0.15) is 0 Å². The van der Waals surface area contributed by atoms with Gasteiger partial charge in [-0.3, -0.25) is 4.79 Å². The molecular formula is C13H15NO2. The Kier molecular flexibility index (Phi) is 2.13. The van der Waals surface area contributed by atoms with E-state index in [2.05, 4.69) is 5.32 Å². The van der Waals surface area contributed by atoms with Crippen molar-refractivity contribution >= 4 is 11.7 Å². The number of carboxylic acid groups (broad SMARTS) is 1. The highest BCUT2D eigenvalue weighted by atomic mass is 16.4. The van der Waals surface area contributed by atoms with Crippen molar-refractivity contribution in [2.24, 2.45) is 5.92 Å². The number of fused-ring (bicyclic) bond motifs is 1. The molecule has 0 radical (unpaired) electrons. The topological polar surface area (TPSA) is 49.3 Å². The predicted molar refractivity (Wildman–Crippen MR) is 61.6 cm³/mol. The number of hydrogen-bond donors (Lipinski definition) is 2. The summed E-state index contributed by atoms with van der Waals surface area (Å²) in [5, 5.41) is 12.8. The summed E-state index contributed by atoms with van der Waals surface area (Å²) >= 11 is 0. The highest BCUT2D eigenvalue weighted by Crippen LogP contribution is 2.43. The van der Waals surface area contributed by atoms with Crippen LogP contribution in [0.1, 0.15) is 30.7 Å². The second-order valence-corrected chi connectivity index (χ2v) is 4.80. The van der Waals surface area contributed by atoms with E-state index in [4.69, 9.17) is 0 Å². The van der Waals surface area contributed by atoms with Gasteiger partial charge in [0.05, 0.1) is 5.92 Å². The lowest BCUT2D eigenvalue weighted by Crippen LogP contribution is -2.32. The van der Waals surface area contributed by atoms with E-state index in [-0.39, 0.29) is 5.92 Å². The Bertz CT molecular complexity index is 426. The minimum atomic E-state index is -0.695. The predicted octanol–water partition coefficient (Wildman–Crippen LogP) is 2.45. The number of benzene rings is 1. The van der Waals surface area contributed by atoms with Crippen molar-refractivity contribution in [2.45, 2.75) is 31.2 Å². The summed E-state index contributed by atoms with van der Waals surface area (Å²) in [6, 6.07) is 8.13. The molecule has 0 bridgehead atoms. The number of anilines is 1. The van der Waals surface area contributed by atoms with Gasteiger partial charge in [-0.15, -0.1) is 0 Å². The molecule has 0 spiro atoms. The molecule has 84 valence electrons. The van der Waals surface area contributed by atoms with E-state index in [1.807, 2.05) is 24.3 Å². The molecule has 2 N–H and O–H groups in total. The molecule has 1 aliphatic carbocycles. The van der Waals surface area contributed by atoms with Gasteiger partial charge in [0, 0.05) is 11.7 Å². The standard InChI is InChI=1S/C13H15NO2/c15-13(16)10-7-12(8-5-6-8)14-11-4-2-1-3-9(10)11/h1-4,8,10,12,14H,5-7H2,(H,15,16)/t10-,12+/m0/s1. The number of carboxylic acids is 1. The molecule has 0 amide bonds. The molecular weight excluding hydrogens is 202 g/mol. The van der Waals surface area contributed by atoms with Crippen LogP contribution in [0, 0.1) is 5.92 Å². The summed E-state index contributed by atoms with van der Waals surface area (Å²) in [5.41, 5.74) is 1.95. The maximum atomic E-state index is 11.3. The van der Waals surface area contributed by atoms with Crippen molar-refractivity contribution in [3.8, 4) is 0 Å². The lowest BCUT2D eigenvalue weighted by atomic mass is 9.85. The minimum absolute atomic E-state index is 0.331. The molecule has 1 heterocycles. The Hall–Kier alpha value is -1.51. The molecule has 16 heavy (non-hydrogen) atoms. The fourth-order valence-electron chi connectivity index (χ4n) is 2.61. The summed E-state index contributed by atoms with van der Waals surface area (Å²) < 4.78 is 0. The largest absolute Gasteiger partial charge is 0.481 e. The molecule has 1 saturated carbocycles. The molecule has 3 heteroatoms. The number of carbonyl (C=O) groups is 1. The maximum Gasteiger partial charge on any atom is 0.311 e. The number of nitrogens with one attached hydrogen (secondary N) is 1. The fraction of sp³-hybridized carbons (Fsp3) is 0.462. The smallest absolute Gasteiger partial charge is 0.311 e. The number of hydrogen-bond acceptors (Lipinski definition) is 2. The van der Waals surface area contributed by atoms with E-state index in [0.717, 1.165) is 17.7 Å². The molecule has 1 aliphatic heterocycles. The second-order valence-electron chi connectivity index (χ2n) is 4.80. The maximum absolute atomic E-state index is 11.3. The van der Waals surface area contributed by atoms with E-state index >= 15 is 0 Å². The third-order valence-corrected chi connectivity index (χ3v) is 3.66. The minimum Gasteiger partial charge on any atom is -0.481 e. The first-order valence-electron chi connectivity index (χ1n) is 5.84. The van der Waals surface area contributed by atoms with Crippen molar-refractivity contribution in [1.82, 2.24) is 0 Å². The molecule has 1 aromatic carbocycles. The van der Waals surface area contributed by atoms with Gasteiger partial charge in [-0.05, 0) is 36.8 Å². The molecule has 0 aromatic heterocycles. The number of aliphatic carboxylic acids is 1. The van der Waals surface area contributed by atoms with Crippen molar-refractivity contribution in [3.63, 3.8) is 0 Å². The van der Waals surface area contributed by atoms with Crippen LogP contribution in [0.2, 0.25) is 0 Å². The van der Waals surface area contributed by atoms with Gasteiger partial charge in [0.15, 0.2) is 0 Å². The first-order chi connectivity index (χ1) is 7.75. The fourth-order valence-corrected chi connectivity index (χ4v) is 2.61. The van der Waals surface area contributed by atoms with Gasteiger partial charge in [-0.1, -0.05) is 18.2 Å². The monoisotopic (exact) mass is 217 g/mol. The van der Waals surface area contributed by atoms with Crippen LogP contribution < -0.4 is 5.32 Å². The van der Waals surface area contributed by atoms with Crippen LogP contribution in [-0.4, -0.2) is 17.1 Å². The van der Waals surface area contributed by atoms with E-state index in [1.54, 1.807) is 0 Å². The third kappa shape index (κ3) is 1.56. The zero-order chi connectivity index (χ0) is 11.1. The van der Waals surface area contributed by atoms with Gasteiger partial charge in [0.2, 0.25) is 0 Å². The van der Waals surface area contributed by atoms with Crippen molar-refractivity contribution in [2.75, 3.05) is 5.32 Å². The lowest BCUT2D eigenvalue weighted by Gasteiger charge is -2.31. The number of rotatable bonds is 2. The Morgan fingerprint density at radius 1 is 1.31 bits per heavy atom. The van der Waals surface area contributed by atoms with E-state index < -0.39 is 5.97 Å². The first-order valence-corrected chi connectivity index (χ1v) is 5.84. The Morgan fingerprint density at radius 2 is 2.06 bits per heavy atom. The quantitative estimate of drug-likeness (QED) is 0.800. The van der Waals surface area contributed by atoms with Crippen molar-refractivity contribution in [1.29, 1.82) is 0 Å². The summed E-state index contributed by atoms with van der Waals surface area (Å²) in [4.78, 5) is 11.3. The van der Waals surface area contributed by atoms with Gasteiger partial charge >= 0.3 is 5.97 Å². The zero-order valence-electron chi connectivity index (χ0n) is 9.02. The van der Waals surface area contributed by atoms with Crippen LogP contribution in [0.4, 0.5) is 5.69 Å². The normalized spacial score (nSPS) is 28.0.